The van der Waals surface area contributed by atoms with Crippen molar-refractivity contribution in [3.63, 3.8) is 0 Å². The Balaban J connectivity index is 0.00000126. The van der Waals surface area contributed by atoms with Gasteiger partial charge in [0, 0.05) is 33.5 Å². The van der Waals surface area contributed by atoms with E-state index >= 15 is 0 Å². The van der Waals surface area contributed by atoms with E-state index in [1.54, 1.807) is 29.9 Å². The maximum atomic E-state index is 12.1. The van der Waals surface area contributed by atoms with Crippen LogP contribution in [0.1, 0.15) is 54.9 Å². The molecule has 1 aliphatic rings. The van der Waals surface area contributed by atoms with Crippen molar-refractivity contribution in [1.29, 1.82) is 0 Å². The minimum absolute atomic E-state index is 0.0142. The van der Waals surface area contributed by atoms with E-state index < -0.39 is 0 Å². The van der Waals surface area contributed by atoms with E-state index in [1.165, 1.54) is 0 Å². The van der Waals surface area contributed by atoms with Gasteiger partial charge in [-0.1, -0.05) is 62.9 Å². The number of carbonyl (C=O) groups excluding carboxylic acids is 2. The van der Waals surface area contributed by atoms with E-state index in [2.05, 4.69) is 6.58 Å². The van der Waals surface area contributed by atoms with Crippen molar-refractivity contribution in [2.24, 2.45) is 0 Å². The van der Waals surface area contributed by atoms with Gasteiger partial charge in [-0.2, -0.15) is 0 Å². The van der Waals surface area contributed by atoms with Crippen LogP contribution in [0.3, 0.4) is 0 Å². The lowest BCUT2D eigenvalue weighted by Crippen LogP contribution is -2.42. The molecule has 6 nitrogen and oxygen atoms in total. The van der Waals surface area contributed by atoms with Gasteiger partial charge in [0.1, 0.15) is 11.9 Å². The van der Waals surface area contributed by atoms with Crippen LogP contribution in [0.2, 0.25) is 0 Å². The molecule has 2 rings (SSSR count). The minimum atomic E-state index is -0.0711. The largest absolute Gasteiger partial charge is 0.489 e. The zero-order chi connectivity index (χ0) is 26.9. The third kappa shape index (κ3) is 13.6. The van der Waals surface area contributed by atoms with E-state index in [9.17, 15) is 9.59 Å². The Morgan fingerprint density at radius 3 is 2.29 bits per heavy atom. The average molecular weight is 487 g/mol. The van der Waals surface area contributed by atoms with Gasteiger partial charge < -0.3 is 19.3 Å². The minimum Gasteiger partial charge on any atom is -0.489 e. The molecule has 1 saturated heterocycles. The van der Waals surface area contributed by atoms with Crippen LogP contribution in [-0.4, -0.2) is 66.6 Å². The Bertz CT molecular complexity index is 797. The maximum Gasteiger partial charge on any atom is 0.219 e. The van der Waals surface area contributed by atoms with Crippen LogP contribution in [0.15, 0.2) is 66.8 Å². The fourth-order valence-electron chi connectivity index (χ4n) is 3.19. The van der Waals surface area contributed by atoms with Gasteiger partial charge in [0.2, 0.25) is 12.3 Å². The zero-order valence-corrected chi connectivity index (χ0v) is 23.0. The molecule has 2 unspecified atom stereocenters. The third-order valence-electron chi connectivity index (χ3n) is 5.28. The van der Waals surface area contributed by atoms with Crippen molar-refractivity contribution in [2.45, 2.75) is 72.6 Å². The predicted octanol–water partition coefficient (Wildman–Crippen LogP) is 5.66. The number of rotatable bonds is 9. The number of carbonyl (C=O) groups is 2. The number of hydrogen-bond donors (Lipinski definition) is 0. The van der Waals surface area contributed by atoms with Gasteiger partial charge in [-0.3, -0.25) is 9.59 Å². The summed E-state index contributed by atoms with van der Waals surface area (Å²) in [4.78, 5) is 27.2. The summed E-state index contributed by atoms with van der Waals surface area (Å²) in [7, 11) is 1.71. The SMILES string of the molecule is C=C/C=C\C(=C/C)CN(CC1CC(Oc2ccccc2)CN1C=O)C(C)=O.CC.COC(C)(C)C. The Hall–Kier alpha value is -2.86. The first kappa shape index (κ1) is 32.1. The maximum absolute atomic E-state index is 12.1. The summed E-state index contributed by atoms with van der Waals surface area (Å²) in [5, 5.41) is 0. The number of ether oxygens (including phenoxy) is 2. The summed E-state index contributed by atoms with van der Waals surface area (Å²) in [6.45, 7) is 18.8. The van der Waals surface area contributed by atoms with Gasteiger partial charge >= 0.3 is 0 Å². The molecule has 1 aliphatic heterocycles. The van der Waals surface area contributed by atoms with E-state index in [0.29, 0.717) is 26.1 Å². The van der Waals surface area contributed by atoms with Crippen LogP contribution in [0.5, 0.6) is 5.75 Å². The number of methoxy groups -OCH3 is 1. The van der Waals surface area contributed by atoms with Crippen LogP contribution in [0, 0.1) is 0 Å². The predicted molar refractivity (Wildman–Crippen MR) is 145 cm³/mol. The number of hydrogen-bond acceptors (Lipinski definition) is 4. The Labute approximate surface area is 213 Å². The standard InChI is InChI=1S/C22H28N2O3.C5H12O.C2H6/c1-4-6-10-19(5-2)14-23(18(3)26)15-20-13-22(16-24(20)17-25)27-21-11-8-7-9-12-21;1-5(2,3)6-4;1-2/h4-12,17,20,22H,1,13-16H2,2-3H3;1-4H3;1-2H3/b10-6-,19-5+;;. The number of nitrogens with zero attached hydrogens (tertiary/aromatic N) is 2. The first-order chi connectivity index (χ1) is 16.6. The number of benzene rings is 1. The molecule has 2 atom stereocenters. The highest BCUT2D eigenvalue weighted by atomic mass is 16.5. The van der Waals surface area contributed by atoms with Crippen LogP contribution in [-0.2, 0) is 14.3 Å². The Morgan fingerprint density at radius 2 is 1.83 bits per heavy atom. The molecule has 2 amide bonds. The van der Waals surface area contributed by atoms with Crippen molar-refractivity contribution in [1.82, 2.24) is 9.80 Å². The van der Waals surface area contributed by atoms with Gasteiger partial charge in [0.25, 0.3) is 0 Å². The molecular weight excluding hydrogens is 440 g/mol. The second-order valence-electron chi connectivity index (χ2n) is 8.92. The third-order valence-corrected chi connectivity index (χ3v) is 5.28. The average Bonchev–Trinajstić information content (AvgIpc) is 3.23. The topological polar surface area (TPSA) is 59.1 Å². The first-order valence-corrected chi connectivity index (χ1v) is 12.3. The van der Waals surface area contributed by atoms with Gasteiger partial charge in [0.15, 0.2) is 0 Å². The molecule has 0 N–H and O–H groups in total. The quantitative estimate of drug-likeness (QED) is 0.334. The lowest BCUT2D eigenvalue weighted by molar-refractivity contribution is -0.130. The molecule has 0 bridgehead atoms. The molecule has 0 saturated carbocycles. The number of allylic oxidation sites excluding steroid dienone is 3. The summed E-state index contributed by atoms with van der Waals surface area (Å²) >= 11 is 0. The van der Waals surface area contributed by atoms with Gasteiger partial charge in [-0.05, 0) is 45.4 Å². The van der Waals surface area contributed by atoms with E-state index in [-0.39, 0.29) is 23.7 Å². The van der Waals surface area contributed by atoms with E-state index in [1.807, 2.05) is 90.1 Å². The van der Waals surface area contributed by atoms with Crippen molar-refractivity contribution >= 4 is 12.3 Å². The van der Waals surface area contributed by atoms with Crippen LogP contribution < -0.4 is 4.74 Å². The number of likely N-dealkylation sites (tertiary alicyclic amines) is 1. The van der Waals surface area contributed by atoms with Crippen molar-refractivity contribution in [3.8, 4) is 5.75 Å². The molecule has 0 aliphatic carbocycles. The van der Waals surface area contributed by atoms with Crippen molar-refractivity contribution in [3.05, 3.63) is 66.8 Å². The molecule has 0 aromatic heterocycles. The molecule has 196 valence electrons. The first-order valence-electron chi connectivity index (χ1n) is 12.3. The Kier molecular flexibility index (Phi) is 16.1. The fraction of sp³-hybridized carbons (Fsp3) is 0.517. The molecule has 1 aromatic carbocycles. The van der Waals surface area contributed by atoms with Gasteiger partial charge in [-0.15, -0.1) is 0 Å². The molecule has 35 heavy (non-hydrogen) atoms. The van der Waals surface area contributed by atoms with Crippen LogP contribution in [0.25, 0.3) is 0 Å². The smallest absolute Gasteiger partial charge is 0.219 e. The van der Waals surface area contributed by atoms with Gasteiger partial charge in [-0.25, -0.2) is 0 Å². The second kappa shape index (κ2) is 17.6. The monoisotopic (exact) mass is 486 g/mol. The fourth-order valence-corrected chi connectivity index (χ4v) is 3.19. The summed E-state index contributed by atoms with van der Waals surface area (Å²) in [6, 6.07) is 9.54. The molecule has 6 heteroatoms. The summed E-state index contributed by atoms with van der Waals surface area (Å²) in [5.41, 5.74) is 1.07. The lowest BCUT2D eigenvalue weighted by Gasteiger charge is -2.28. The van der Waals surface area contributed by atoms with Crippen molar-refractivity contribution < 1.29 is 19.1 Å². The zero-order valence-electron chi connectivity index (χ0n) is 23.0. The highest BCUT2D eigenvalue weighted by Crippen LogP contribution is 2.23. The molecule has 1 heterocycles. The Morgan fingerprint density at radius 1 is 1.23 bits per heavy atom. The second-order valence-corrected chi connectivity index (χ2v) is 8.92. The molecule has 0 radical (unpaired) electrons. The van der Waals surface area contributed by atoms with Crippen molar-refractivity contribution in [2.75, 3.05) is 26.7 Å². The summed E-state index contributed by atoms with van der Waals surface area (Å²) < 4.78 is 10.9. The van der Waals surface area contributed by atoms with Crippen LogP contribution >= 0.6 is 0 Å². The molecule has 0 spiro atoms. The molecule has 1 aromatic rings. The number of para-hydroxylation sites is 1. The van der Waals surface area contributed by atoms with Gasteiger partial charge in [0.05, 0.1) is 18.2 Å². The lowest BCUT2D eigenvalue weighted by atomic mass is 10.1. The highest BCUT2D eigenvalue weighted by molar-refractivity contribution is 5.73. The molecule has 1 fully saturated rings. The van der Waals surface area contributed by atoms with E-state index in [4.69, 9.17) is 9.47 Å². The normalized spacial score (nSPS) is 17.6. The summed E-state index contributed by atoms with van der Waals surface area (Å²) in [5.74, 6) is 0.780. The van der Waals surface area contributed by atoms with Crippen LogP contribution in [0.4, 0.5) is 0 Å². The summed E-state index contributed by atoms with van der Waals surface area (Å²) in [6.07, 6.45) is 8.96. The van der Waals surface area contributed by atoms with E-state index in [0.717, 1.165) is 17.7 Å². The molecular formula is C29H46N2O4. The number of amides is 2. The highest BCUT2D eigenvalue weighted by Gasteiger charge is 2.34.